The summed E-state index contributed by atoms with van der Waals surface area (Å²) in [6.07, 6.45) is 5.34. The van der Waals surface area contributed by atoms with Crippen LogP contribution < -0.4 is 9.64 Å². The molecule has 2 bridgehead atoms. The molecule has 0 aromatic heterocycles. The molecule has 3 aliphatic heterocycles. The number of carbonyl (C=O) groups excluding carboxylic acids is 3. The van der Waals surface area contributed by atoms with E-state index in [-0.39, 0.29) is 42.0 Å². The average molecular weight is 632 g/mol. The number of hydrogen-bond donors (Lipinski definition) is 1. The number of aliphatic hydroxyl groups is 1. The molecule has 3 amide bonds. The zero-order chi connectivity index (χ0) is 32.3. The standard InChI is InChI=1S/C36H45N3O5S/c1-6-19-37(22-25-11-9-8-10-12-25)33(41)30-29-17-18-36(45-29)31(30)34(42)39(27(23-40)21-24(3)4)32(36)35(43)38(20-7-2)26-13-15-28(44-5)16-14-26/h6-16,24,27,29-32,40H,1-2,17-23H2,3-5H3/t27-,29-,30+,31+,32?,36?/m1/s1. The van der Waals surface area contributed by atoms with E-state index in [1.54, 1.807) is 57.9 Å². The largest absolute Gasteiger partial charge is 0.497 e. The number of nitrogens with zero attached hydrogens (tertiary/aromatic N) is 3. The number of benzene rings is 2. The molecular weight excluding hydrogens is 586 g/mol. The quantitative estimate of drug-likeness (QED) is 0.298. The molecule has 240 valence electrons. The van der Waals surface area contributed by atoms with Crippen molar-refractivity contribution in [2.75, 3.05) is 31.7 Å². The van der Waals surface area contributed by atoms with Crippen LogP contribution in [0.25, 0.3) is 0 Å². The molecule has 3 fully saturated rings. The highest BCUT2D eigenvalue weighted by molar-refractivity contribution is 8.02. The summed E-state index contributed by atoms with van der Waals surface area (Å²) in [5.74, 6) is -0.860. The van der Waals surface area contributed by atoms with Crippen LogP contribution in [0.15, 0.2) is 79.9 Å². The van der Waals surface area contributed by atoms with Crippen LogP contribution in [0.5, 0.6) is 5.75 Å². The molecule has 1 spiro atoms. The number of likely N-dealkylation sites (tertiary alicyclic amines) is 1. The van der Waals surface area contributed by atoms with Crippen molar-refractivity contribution < 1.29 is 24.2 Å². The van der Waals surface area contributed by atoms with Gasteiger partial charge in [0.25, 0.3) is 5.91 Å². The third kappa shape index (κ3) is 6.04. The van der Waals surface area contributed by atoms with E-state index in [2.05, 4.69) is 13.2 Å². The van der Waals surface area contributed by atoms with Gasteiger partial charge in [-0.05, 0) is 55.0 Å². The summed E-state index contributed by atoms with van der Waals surface area (Å²) < 4.78 is 4.56. The molecular formula is C36H45N3O5S. The van der Waals surface area contributed by atoms with Gasteiger partial charge in [-0.25, -0.2) is 0 Å². The van der Waals surface area contributed by atoms with Crippen molar-refractivity contribution in [2.24, 2.45) is 17.8 Å². The minimum Gasteiger partial charge on any atom is -0.497 e. The fourth-order valence-electron chi connectivity index (χ4n) is 7.63. The van der Waals surface area contributed by atoms with E-state index < -0.39 is 28.7 Å². The van der Waals surface area contributed by atoms with Gasteiger partial charge in [-0.1, -0.05) is 56.3 Å². The van der Waals surface area contributed by atoms with E-state index in [4.69, 9.17) is 4.74 Å². The average Bonchev–Trinajstić information content (AvgIpc) is 3.69. The molecule has 6 atom stereocenters. The first-order valence-electron chi connectivity index (χ1n) is 15.8. The monoisotopic (exact) mass is 631 g/mol. The summed E-state index contributed by atoms with van der Waals surface area (Å²) in [5.41, 5.74) is 1.67. The second kappa shape index (κ2) is 13.8. The lowest BCUT2D eigenvalue weighted by Crippen LogP contribution is -2.58. The maximum atomic E-state index is 14.9. The highest BCUT2D eigenvalue weighted by atomic mass is 32.2. The molecule has 1 N–H and O–H groups in total. The van der Waals surface area contributed by atoms with Gasteiger partial charge in [-0.3, -0.25) is 14.4 Å². The van der Waals surface area contributed by atoms with E-state index in [0.717, 1.165) is 12.0 Å². The Balaban J connectivity index is 1.56. The number of anilines is 1. The molecule has 45 heavy (non-hydrogen) atoms. The maximum absolute atomic E-state index is 14.9. The van der Waals surface area contributed by atoms with Crippen LogP contribution >= 0.6 is 11.8 Å². The zero-order valence-corrected chi connectivity index (χ0v) is 27.3. The summed E-state index contributed by atoms with van der Waals surface area (Å²) >= 11 is 1.64. The Hall–Kier alpha value is -3.56. The van der Waals surface area contributed by atoms with Crippen molar-refractivity contribution in [3.8, 4) is 5.75 Å². The Bertz CT molecular complexity index is 1400. The van der Waals surface area contributed by atoms with Crippen LogP contribution in [0.4, 0.5) is 5.69 Å². The third-order valence-electron chi connectivity index (χ3n) is 9.44. The number of fused-ring (bicyclic) bond motifs is 1. The molecule has 3 aliphatic rings. The first kappa shape index (κ1) is 32.8. The Morgan fingerprint density at radius 2 is 1.78 bits per heavy atom. The molecule has 0 saturated carbocycles. The Kier molecular flexibility index (Phi) is 10.1. The molecule has 8 nitrogen and oxygen atoms in total. The Morgan fingerprint density at radius 1 is 1.09 bits per heavy atom. The predicted molar refractivity (Wildman–Crippen MR) is 179 cm³/mol. The summed E-state index contributed by atoms with van der Waals surface area (Å²) in [6.45, 7) is 12.7. The second-order valence-corrected chi connectivity index (χ2v) is 14.3. The summed E-state index contributed by atoms with van der Waals surface area (Å²) in [5, 5.41) is 10.6. The van der Waals surface area contributed by atoms with E-state index in [1.807, 2.05) is 56.3 Å². The number of hydrogen-bond acceptors (Lipinski definition) is 6. The van der Waals surface area contributed by atoms with Crippen LogP contribution in [0, 0.1) is 17.8 Å². The number of aliphatic hydroxyl groups excluding tert-OH is 1. The van der Waals surface area contributed by atoms with Gasteiger partial charge < -0.3 is 24.5 Å². The van der Waals surface area contributed by atoms with Crippen molar-refractivity contribution in [3.05, 3.63) is 85.5 Å². The Morgan fingerprint density at radius 3 is 2.38 bits per heavy atom. The first-order valence-corrected chi connectivity index (χ1v) is 16.7. The van der Waals surface area contributed by atoms with Gasteiger partial charge in [0.2, 0.25) is 11.8 Å². The SMILES string of the molecule is C=CCN(Cc1ccccc1)C(=O)[C@@H]1[C@H]2C(=O)N([C@@H](CO)CC(C)C)C(C(=O)N(CC=C)c3ccc(OC)cc3)C23CC[C@H]1S3. The predicted octanol–water partition coefficient (Wildman–Crippen LogP) is 4.93. The number of ether oxygens (including phenoxy) is 1. The lowest BCUT2D eigenvalue weighted by molar-refractivity contribution is -0.145. The van der Waals surface area contributed by atoms with Gasteiger partial charge in [-0.15, -0.1) is 24.9 Å². The topological polar surface area (TPSA) is 90.4 Å². The normalized spacial score (nSPS) is 25.6. The molecule has 2 aromatic carbocycles. The van der Waals surface area contributed by atoms with Gasteiger partial charge in [0.15, 0.2) is 0 Å². The number of methoxy groups -OCH3 is 1. The van der Waals surface area contributed by atoms with Gasteiger partial charge in [0.05, 0.1) is 36.3 Å². The molecule has 3 saturated heterocycles. The molecule has 5 rings (SSSR count). The smallest absolute Gasteiger partial charge is 0.251 e. The molecule has 9 heteroatoms. The van der Waals surface area contributed by atoms with Crippen LogP contribution in [0.1, 0.15) is 38.7 Å². The van der Waals surface area contributed by atoms with E-state index in [1.165, 1.54) is 0 Å². The van der Waals surface area contributed by atoms with E-state index in [0.29, 0.717) is 37.4 Å². The molecule has 0 radical (unpaired) electrons. The maximum Gasteiger partial charge on any atom is 0.251 e. The van der Waals surface area contributed by atoms with Gasteiger partial charge in [0.1, 0.15) is 11.8 Å². The van der Waals surface area contributed by atoms with Crippen molar-refractivity contribution in [1.82, 2.24) is 9.80 Å². The summed E-state index contributed by atoms with van der Waals surface area (Å²) in [4.78, 5) is 49.2. The number of carbonyl (C=O) groups is 3. The fraction of sp³-hybridized carbons (Fsp3) is 0.472. The van der Waals surface area contributed by atoms with Crippen molar-refractivity contribution in [2.45, 2.75) is 61.7 Å². The van der Waals surface area contributed by atoms with E-state index in [9.17, 15) is 19.5 Å². The van der Waals surface area contributed by atoms with Crippen molar-refractivity contribution in [3.63, 3.8) is 0 Å². The number of amides is 3. The number of thioether (sulfide) groups is 1. The highest BCUT2D eigenvalue weighted by Gasteiger charge is 2.74. The van der Waals surface area contributed by atoms with Gasteiger partial charge in [0, 0.05) is 30.6 Å². The molecule has 0 aliphatic carbocycles. The Labute approximate surface area is 271 Å². The third-order valence-corrected chi connectivity index (χ3v) is 11.4. The minimum atomic E-state index is -0.831. The van der Waals surface area contributed by atoms with Crippen molar-refractivity contribution in [1.29, 1.82) is 0 Å². The minimum absolute atomic E-state index is 0.0708. The first-order chi connectivity index (χ1) is 21.7. The van der Waals surface area contributed by atoms with E-state index >= 15 is 0 Å². The zero-order valence-electron chi connectivity index (χ0n) is 26.5. The van der Waals surface area contributed by atoms with Gasteiger partial charge in [-0.2, -0.15) is 0 Å². The highest BCUT2D eigenvalue weighted by Crippen LogP contribution is 2.67. The molecule has 2 aromatic rings. The fourth-order valence-corrected chi connectivity index (χ4v) is 9.82. The lowest BCUT2D eigenvalue weighted by Gasteiger charge is -2.40. The van der Waals surface area contributed by atoms with Crippen LogP contribution in [0.2, 0.25) is 0 Å². The summed E-state index contributed by atoms with van der Waals surface area (Å²) in [7, 11) is 1.59. The van der Waals surface area contributed by atoms with Crippen molar-refractivity contribution >= 4 is 35.2 Å². The van der Waals surface area contributed by atoms with Gasteiger partial charge >= 0.3 is 0 Å². The molecule has 3 heterocycles. The number of rotatable bonds is 14. The molecule has 2 unspecified atom stereocenters. The van der Waals surface area contributed by atoms with Crippen LogP contribution in [0.3, 0.4) is 0 Å². The van der Waals surface area contributed by atoms with Crippen LogP contribution in [-0.2, 0) is 20.9 Å². The summed E-state index contributed by atoms with van der Waals surface area (Å²) in [6, 6.07) is 15.7. The van der Waals surface area contributed by atoms with Crippen LogP contribution in [-0.4, -0.2) is 81.5 Å². The lowest BCUT2D eigenvalue weighted by atomic mass is 9.70. The second-order valence-electron chi connectivity index (χ2n) is 12.7.